The molecule has 0 aliphatic carbocycles. The van der Waals surface area contributed by atoms with Crippen LogP contribution in [0.1, 0.15) is 22.8 Å². The molecule has 2 aromatic carbocycles. The molecule has 0 heterocycles. The zero-order valence-electron chi connectivity index (χ0n) is 11.5. The maximum atomic E-state index is 11.0. The molecule has 0 aliphatic rings. The van der Waals surface area contributed by atoms with Gasteiger partial charge in [0.1, 0.15) is 6.29 Å². The third-order valence-electron chi connectivity index (χ3n) is 2.82. The highest BCUT2D eigenvalue weighted by molar-refractivity contribution is 9.10. The molecule has 0 aromatic heterocycles. The van der Waals surface area contributed by atoms with E-state index >= 15 is 0 Å². The molecular formula is C16H15BrO3S. The molecule has 0 spiro atoms. The Hall–Kier alpha value is -1.46. The normalized spacial score (nSPS) is 10.4. The number of thioether (sulfide) groups is 1. The maximum Gasteiger partial charge on any atom is 0.161 e. The van der Waals surface area contributed by atoms with Crippen molar-refractivity contribution in [3.05, 3.63) is 52.0 Å². The molecule has 1 N–H and O–H groups in total. The van der Waals surface area contributed by atoms with Crippen molar-refractivity contribution < 1.29 is 14.6 Å². The van der Waals surface area contributed by atoms with Crippen LogP contribution in [-0.2, 0) is 5.75 Å². The van der Waals surface area contributed by atoms with Crippen LogP contribution in [0, 0.1) is 0 Å². The lowest BCUT2D eigenvalue weighted by molar-refractivity contribution is 0.112. The number of carbonyl (C=O) groups excluding carboxylic acids is 1. The van der Waals surface area contributed by atoms with Crippen molar-refractivity contribution in [1.29, 1.82) is 0 Å². The molecule has 0 atom stereocenters. The van der Waals surface area contributed by atoms with E-state index in [1.54, 1.807) is 23.9 Å². The first-order valence-corrected chi connectivity index (χ1v) is 8.24. The predicted molar refractivity (Wildman–Crippen MR) is 88.4 cm³/mol. The molecule has 0 unspecified atom stereocenters. The number of aromatic hydroxyl groups is 1. The van der Waals surface area contributed by atoms with Gasteiger partial charge in [-0.05, 0) is 43.3 Å². The molecule has 0 bridgehead atoms. The topological polar surface area (TPSA) is 46.5 Å². The van der Waals surface area contributed by atoms with Crippen molar-refractivity contribution in [2.45, 2.75) is 17.6 Å². The molecular weight excluding hydrogens is 352 g/mol. The maximum absolute atomic E-state index is 11.0. The van der Waals surface area contributed by atoms with Gasteiger partial charge in [0, 0.05) is 26.2 Å². The number of benzene rings is 2. The van der Waals surface area contributed by atoms with Crippen molar-refractivity contribution in [2.75, 3.05) is 6.61 Å². The van der Waals surface area contributed by atoms with Gasteiger partial charge in [0.15, 0.2) is 11.5 Å². The molecule has 0 fully saturated rings. The highest BCUT2D eigenvalue weighted by atomic mass is 79.9. The van der Waals surface area contributed by atoms with Crippen LogP contribution in [0.3, 0.4) is 0 Å². The number of ether oxygens (including phenoxy) is 1. The summed E-state index contributed by atoms with van der Waals surface area (Å²) in [7, 11) is 0. The van der Waals surface area contributed by atoms with E-state index in [9.17, 15) is 9.90 Å². The molecule has 0 amide bonds. The Balaban J connectivity index is 2.20. The van der Waals surface area contributed by atoms with Crippen LogP contribution in [-0.4, -0.2) is 18.0 Å². The lowest BCUT2D eigenvalue weighted by Crippen LogP contribution is -1.96. The van der Waals surface area contributed by atoms with Crippen molar-refractivity contribution in [3.8, 4) is 11.5 Å². The highest BCUT2D eigenvalue weighted by Gasteiger charge is 2.11. The fourth-order valence-corrected chi connectivity index (χ4v) is 2.96. The van der Waals surface area contributed by atoms with E-state index in [4.69, 9.17) is 4.74 Å². The van der Waals surface area contributed by atoms with E-state index in [-0.39, 0.29) is 5.75 Å². The molecule has 110 valence electrons. The summed E-state index contributed by atoms with van der Waals surface area (Å²) in [5.74, 6) is 1.02. The monoisotopic (exact) mass is 366 g/mol. The largest absolute Gasteiger partial charge is 0.504 e. The molecule has 21 heavy (non-hydrogen) atoms. The summed E-state index contributed by atoms with van der Waals surface area (Å²) in [6.45, 7) is 2.28. The van der Waals surface area contributed by atoms with Gasteiger partial charge in [-0.1, -0.05) is 15.9 Å². The summed E-state index contributed by atoms with van der Waals surface area (Å²) < 4.78 is 6.39. The summed E-state index contributed by atoms with van der Waals surface area (Å²) >= 11 is 4.98. The Morgan fingerprint density at radius 2 is 2.00 bits per heavy atom. The van der Waals surface area contributed by atoms with E-state index in [0.717, 1.165) is 15.7 Å². The van der Waals surface area contributed by atoms with Crippen LogP contribution in [0.25, 0.3) is 0 Å². The summed E-state index contributed by atoms with van der Waals surface area (Å²) in [5, 5.41) is 10.2. The zero-order chi connectivity index (χ0) is 15.2. The van der Waals surface area contributed by atoms with Crippen LogP contribution in [0.15, 0.2) is 45.8 Å². The highest BCUT2D eigenvalue weighted by Crippen LogP contribution is 2.35. The SMILES string of the molecule is CCOc1cc(C=O)cc(CSc2ccc(Br)cc2)c1O. The number of phenols is 1. The Morgan fingerprint density at radius 3 is 2.62 bits per heavy atom. The Kier molecular flexibility index (Phi) is 5.70. The summed E-state index contributed by atoms with van der Waals surface area (Å²) in [4.78, 5) is 12.1. The molecule has 0 saturated carbocycles. The van der Waals surface area contributed by atoms with Crippen molar-refractivity contribution in [3.63, 3.8) is 0 Å². The molecule has 0 aliphatic heterocycles. The Bertz CT molecular complexity index is 626. The van der Waals surface area contributed by atoms with Gasteiger partial charge < -0.3 is 9.84 Å². The van der Waals surface area contributed by atoms with Gasteiger partial charge in [-0.15, -0.1) is 11.8 Å². The van der Waals surface area contributed by atoms with Gasteiger partial charge in [0.25, 0.3) is 0 Å². The minimum absolute atomic E-state index is 0.104. The Morgan fingerprint density at radius 1 is 1.29 bits per heavy atom. The van der Waals surface area contributed by atoms with Crippen LogP contribution < -0.4 is 4.74 Å². The molecule has 5 heteroatoms. The number of phenolic OH excluding ortho intramolecular Hbond substituents is 1. The molecule has 2 rings (SSSR count). The minimum Gasteiger partial charge on any atom is -0.504 e. The van der Waals surface area contributed by atoms with Crippen molar-refractivity contribution >= 4 is 34.0 Å². The summed E-state index contributed by atoms with van der Waals surface area (Å²) in [6.07, 6.45) is 0.760. The standard InChI is InChI=1S/C16H15BrO3S/c1-2-20-15-8-11(9-18)7-12(16(15)19)10-21-14-5-3-13(17)4-6-14/h3-9,19H,2,10H2,1H3. The second-order valence-electron chi connectivity index (χ2n) is 4.32. The number of aldehydes is 1. The number of rotatable bonds is 6. The van der Waals surface area contributed by atoms with Crippen LogP contribution in [0.4, 0.5) is 0 Å². The smallest absolute Gasteiger partial charge is 0.161 e. The van der Waals surface area contributed by atoms with Crippen LogP contribution in [0.5, 0.6) is 11.5 Å². The third kappa shape index (κ3) is 4.25. The first-order valence-electron chi connectivity index (χ1n) is 6.46. The molecule has 0 saturated heterocycles. The van der Waals surface area contributed by atoms with Crippen molar-refractivity contribution in [1.82, 2.24) is 0 Å². The van der Waals surface area contributed by atoms with E-state index in [2.05, 4.69) is 15.9 Å². The molecule has 3 nitrogen and oxygen atoms in total. The summed E-state index contributed by atoms with van der Waals surface area (Å²) in [5.41, 5.74) is 1.19. The first kappa shape index (κ1) is 15.9. The second kappa shape index (κ2) is 7.52. The fourth-order valence-electron chi connectivity index (χ4n) is 1.82. The zero-order valence-corrected chi connectivity index (χ0v) is 13.9. The lowest BCUT2D eigenvalue weighted by Gasteiger charge is -2.11. The van der Waals surface area contributed by atoms with Crippen LogP contribution >= 0.6 is 27.7 Å². The lowest BCUT2D eigenvalue weighted by atomic mass is 10.1. The fraction of sp³-hybridized carbons (Fsp3) is 0.188. The number of carbonyl (C=O) groups is 1. The molecule has 0 radical (unpaired) electrons. The average Bonchev–Trinajstić information content (AvgIpc) is 2.50. The van der Waals surface area contributed by atoms with Gasteiger partial charge in [0.2, 0.25) is 0 Å². The quantitative estimate of drug-likeness (QED) is 0.596. The van der Waals surface area contributed by atoms with E-state index in [1.165, 1.54) is 0 Å². The van der Waals surface area contributed by atoms with Gasteiger partial charge in [-0.25, -0.2) is 0 Å². The van der Waals surface area contributed by atoms with E-state index in [0.29, 0.717) is 29.2 Å². The van der Waals surface area contributed by atoms with E-state index < -0.39 is 0 Å². The average molecular weight is 367 g/mol. The number of hydrogen-bond acceptors (Lipinski definition) is 4. The molecule has 2 aromatic rings. The Labute approximate surface area is 136 Å². The predicted octanol–water partition coefficient (Wildman–Crippen LogP) is 4.66. The van der Waals surface area contributed by atoms with E-state index in [1.807, 2.05) is 31.2 Å². The second-order valence-corrected chi connectivity index (χ2v) is 6.28. The first-order chi connectivity index (χ1) is 10.1. The number of halogens is 1. The third-order valence-corrected chi connectivity index (χ3v) is 4.41. The minimum atomic E-state index is 0.104. The van der Waals surface area contributed by atoms with Crippen LogP contribution in [0.2, 0.25) is 0 Å². The number of hydrogen-bond donors (Lipinski definition) is 1. The van der Waals surface area contributed by atoms with Gasteiger partial charge in [-0.2, -0.15) is 0 Å². The van der Waals surface area contributed by atoms with Crippen molar-refractivity contribution in [2.24, 2.45) is 0 Å². The van der Waals surface area contributed by atoms with Gasteiger partial charge >= 0.3 is 0 Å². The summed E-state index contributed by atoms with van der Waals surface area (Å²) in [6, 6.07) is 11.2. The van der Waals surface area contributed by atoms with Gasteiger partial charge in [0.05, 0.1) is 6.61 Å². The van der Waals surface area contributed by atoms with Gasteiger partial charge in [-0.3, -0.25) is 4.79 Å².